The highest BCUT2D eigenvalue weighted by Crippen LogP contribution is 2.38. The van der Waals surface area contributed by atoms with Gasteiger partial charge in [0, 0.05) is 42.5 Å². The number of halogens is 4. The van der Waals surface area contributed by atoms with Crippen LogP contribution in [0, 0.1) is 17.2 Å². The first kappa shape index (κ1) is 29.8. The van der Waals surface area contributed by atoms with Gasteiger partial charge in [0.25, 0.3) is 0 Å². The first-order chi connectivity index (χ1) is 19.2. The molecule has 1 saturated heterocycles. The van der Waals surface area contributed by atoms with E-state index < -0.39 is 46.8 Å². The lowest BCUT2D eigenvalue weighted by Gasteiger charge is -2.46. The monoisotopic (exact) mass is 572 g/mol. The molecule has 8 nitrogen and oxygen atoms in total. The topological polar surface area (TPSA) is 113 Å². The summed E-state index contributed by atoms with van der Waals surface area (Å²) in [6.45, 7) is 6.25. The predicted molar refractivity (Wildman–Crippen MR) is 147 cm³/mol. The van der Waals surface area contributed by atoms with Crippen molar-refractivity contribution in [3.63, 3.8) is 0 Å². The summed E-state index contributed by atoms with van der Waals surface area (Å²) in [5.74, 6) is -1.76. The Hall–Kier alpha value is -4.22. The van der Waals surface area contributed by atoms with Crippen LogP contribution in [0.5, 0.6) is 0 Å². The summed E-state index contributed by atoms with van der Waals surface area (Å²) in [5.41, 5.74) is 5.35. The molecule has 218 valence electrons. The van der Waals surface area contributed by atoms with Gasteiger partial charge in [-0.05, 0) is 48.1 Å². The molecule has 2 heterocycles. The van der Waals surface area contributed by atoms with E-state index in [9.17, 15) is 27.2 Å². The van der Waals surface area contributed by atoms with Crippen LogP contribution in [0.3, 0.4) is 0 Å². The number of hydrogen-bond acceptors (Lipinski definition) is 6. The lowest BCUT2D eigenvalue weighted by Crippen LogP contribution is -2.57. The zero-order valence-corrected chi connectivity index (χ0v) is 22.9. The number of piperidine rings is 1. The maximum absolute atomic E-state index is 13.7. The third-order valence-electron chi connectivity index (χ3n) is 6.98. The second-order valence-corrected chi connectivity index (χ2v) is 11.1. The Bertz CT molecular complexity index is 1420. The van der Waals surface area contributed by atoms with Crippen LogP contribution < -0.4 is 16.4 Å². The van der Waals surface area contributed by atoms with Crippen LogP contribution in [0.4, 0.5) is 39.8 Å². The smallest absolute Gasteiger partial charge is 0.365 e. The van der Waals surface area contributed by atoms with E-state index in [0.717, 1.165) is 0 Å². The second kappa shape index (κ2) is 11.7. The van der Waals surface area contributed by atoms with E-state index in [0.29, 0.717) is 42.4 Å². The van der Waals surface area contributed by atoms with Crippen molar-refractivity contribution in [2.45, 2.75) is 52.4 Å². The van der Waals surface area contributed by atoms with Crippen LogP contribution >= 0.6 is 0 Å². The number of primary amides is 1. The molecular formula is C29H32F4N6O2. The molecule has 0 saturated carbocycles. The number of carbonyl (C=O) groups excluding carboxylic acids is 2. The number of nitrogens with one attached hydrogen (secondary N) is 2. The van der Waals surface area contributed by atoms with Gasteiger partial charge in [0.05, 0.1) is 0 Å². The lowest BCUT2D eigenvalue weighted by molar-refractivity contribution is -0.137. The third kappa shape index (κ3) is 7.11. The van der Waals surface area contributed by atoms with Crippen LogP contribution in [0.15, 0.2) is 54.7 Å². The molecule has 2 aromatic carbocycles. The number of benzene rings is 2. The summed E-state index contributed by atoms with van der Waals surface area (Å²) in [6, 6.07) is 11.0. The highest BCUT2D eigenvalue weighted by atomic mass is 19.4. The number of nitrogens with two attached hydrogens (primary N) is 1. The van der Waals surface area contributed by atoms with Crippen molar-refractivity contribution in [2.75, 3.05) is 17.2 Å². The molecule has 2 amide bonds. The fourth-order valence-electron chi connectivity index (χ4n) is 5.30. The number of Topliss-reactive ketones (excluding diaryl/α,β-unsaturated/α-hetero) is 1. The summed E-state index contributed by atoms with van der Waals surface area (Å²) >= 11 is 0. The molecule has 2 unspecified atom stereocenters. The van der Waals surface area contributed by atoms with Gasteiger partial charge < -0.3 is 21.3 Å². The number of alkyl halides is 3. The van der Waals surface area contributed by atoms with Crippen LogP contribution in [0.2, 0.25) is 0 Å². The summed E-state index contributed by atoms with van der Waals surface area (Å²) in [5, 5.41) is 5.49. The summed E-state index contributed by atoms with van der Waals surface area (Å²) in [7, 11) is 0. The number of carbonyl (C=O) groups is 2. The average Bonchev–Trinajstić information content (AvgIpc) is 2.90. The van der Waals surface area contributed by atoms with Crippen molar-refractivity contribution in [3.05, 3.63) is 77.2 Å². The molecular weight excluding hydrogens is 540 g/mol. The van der Waals surface area contributed by atoms with Crippen molar-refractivity contribution in [1.82, 2.24) is 14.9 Å². The van der Waals surface area contributed by atoms with Crippen LogP contribution in [-0.2, 0) is 12.7 Å². The SMILES string of the molecule is CC(C)(C)C1C(C(=O)c2cccc(Nc3ncc(C(F)(F)F)c(NCc4cccc(F)c4)n3)c2)CCCN1C(N)=O. The number of urea groups is 1. The molecule has 12 heteroatoms. The molecule has 0 spiro atoms. The lowest BCUT2D eigenvalue weighted by atomic mass is 9.71. The molecule has 4 N–H and O–H groups in total. The van der Waals surface area contributed by atoms with E-state index in [-0.39, 0.29) is 18.3 Å². The minimum Gasteiger partial charge on any atom is -0.365 e. The van der Waals surface area contributed by atoms with Gasteiger partial charge in [-0.3, -0.25) is 4.79 Å². The molecule has 4 rings (SSSR count). The molecule has 1 fully saturated rings. The third-order valence-corrected chi connectivity index (χ3v) is 6.98. The summed E-state index contributed by atoms with van der Waals surface area (Å²) < 4.78 is 54.4. The largest absolute Gasteiger partial charge is 0.421 e. The van der Waals surface area contributed by atoms with Gasteiger partial charge in [0.2, 0.25) is 5.95 Å². The predicted octanol–water partition coefficient (Wildman–Crippen LogP) is 6.38. The van der Waals surface area contributed by atoms with Gasteiger partial charge in [-0.25, -0.2) is 14.2 Å². The van der Waals surface area contributed by atoms with Gasteiger partial charge in [0.1, 0.15) is 17.2 Å². The van der Waals surface area contributed by atoms with Crippen molar-refractivity contribution < 1.29 is 27.2 Å². The van der Waals surface area contributed by atoms with Gasteiger partial charge in [-0.1, -0.05) is 45.0 Å². The van der Waals surface area contributed by atoms with E-state index in [1.165, 1.54) is 18.2 Å². The van der Waals surface area contributed by atoms with Crippen molar-refractivity contribution in [2.24, 2.45) is 17.1 Å². The molecule has 0 bridgehead atoms. The molecule has 1 aromatic heterocycles. The highest BCUT2D eigenvalue weighted by molar-refractivity contribution is 5.99. The number of nitrogens with zero attached hydrogens (tertiary/aromatic N) is 3. The van der Waals surface area contributed by atoms with E-state index in [1.807, 2.05) is 20.8 Å². The number of aromatic nitrogens is 2. The van der Waals surface area contributed by atoms with Gasteiger partial charge in [-0.15, -0.1) is 0 Å². The van der Waals surface area contributed by atoms with Crippen molar-refractivity contribution >= 4 is 29.3 Å². The Morgan fingerprint density at radius 1 is 1.10 bits per heavy atom. The Labute approximate surface area is 235 Å². The standard InChI is InChI=1S/C29H32F4N6O2/c1-28(2,3)24-21(11-6-12-39(24)26(34)41)23(40)18-8-5-10-20(14-18)37-27-36-16-22(29(31,32)33)25(38-27)35-15-17-7-4-9-19(30)13-17/h4-5,7-10,13-14,16,21,24H,6,11-12,15H2,1-3H3,(H2,34,41)(H2,35,36,37,38). The van der Waals surface area contributed by atoms with E-state index in [1.54, 1.807) is 35.2 Å². The Balaban J connectivity index is 1.58. The average molecular weight is 573 g/mol. The number of ketones is 1. The first-order valence-corrected chi connectivity index (χ1v) is 13.1. The minimum absolute atomic E-state index is 0.0973. The van der Waals surface area contributed by atoms with Gasteiger partial charge in [0.15, 0.2) is 5.78 Å². The molecule has 1 aliphatic rings. The van der Waals surface area contributed by atoms with Gasteiger partial charge in [-0.2, -0.15) is 18.2 Å². The maximum atomic E-state index is 13.7. The fraction of sp³-hybridized carbons (Fsp3) is 0.379. The number of amides is 2. The second-order valence-electron chi connectivity index (χ2n) is 11.1. The van der Waals surface area contributed by atoms with Crippen LogP contribution in [0.1, 0.15) is 55.1 Å². The number of rotatable bonds is 7. The zero-order chi connectivity index (χ0) is 29.9. The van der Waals surface area contributed by atoms with Crippen LogP contribution in [0.25, 0.3) is 0 Å². The van der Waals surface area contributed by atoms with Crippen LogP contribution in [-0.4, -0.2) is 39.3 Å². The molecule has 41 heavy (non-hydrogen) atoms. The van der Waals surface area contributed by atoms with Crippen molar-refractivity contribution in [1.29, 1.82) is 0 Å². The Morgan fingerprint density at radius 2 is 1.83 bits per heavy atom. The Kier molecular flexibility index (Phi) is 8.50. The normalized spacial score (nSPS) is 17.7. The fourth-order valence-corrected chi connectivity index (χ4v) is 5.30. The van der Waals surface area contributed by atoms with E-state index in [4.69, 9.17) is 5.73 Å². The Morgan fingerprint density at radius 3 is 2.49 bits per heavy atom. The first-order valence-electron chi connectivity index (χ1n) is 13.1. The molecule has 0 radical (unpaired) electrons. The van der Waals surface area contributed by atoms with Crippen molar-refractivity contribution in [3.8, 4) is 0 Å². The van der Waals surface area contributed by atoms with Gasteiger partial charge >= 0.3 is 12.2 Å². The number of likely N-dealkylation sites (tertiary alicyclic amines) is 1. The number of anilines is 3. The quantitative estimate of drug-likeness (QED) is 0.224. The molecule has 2 atom stereocenters. The highest BCUT2D eigenvalue weighted by Gasteiger charge is 2.44. The van der Waals surface area contributed by atoms with E-state index in [2.05, 4.69) is 20.6 Å². The number of hydrogen-bond donors (Lipinski definition) is 3. The maximum Gasteiger partial charge on any atom is 0.421 e. The zero-order valence-electron chi connectivity index (χ0n) is 22.9. The molecule has 3 aromatic rings. The molecule has 0 aliphatic carbocycles. The summed E-state index contributed by atoms with van der Waals surface area (Å²) in [6.07, 6.45) is -2.84. The molecule has 1 aliphatic heterocycles. The minimum atomic E-state index is -4.72. The van der Waals surface area contributed by atoms with E-state index >= 15 is 0 Å². The summed E-state index contributed by atoms with van der Waals surface area (Å²) in [4.78, 5) is 35.2.